The van der Waals surface area contributed by atoms with E-state index in [-0.39, 0.29) is 0 Å². The van der Waals surface area contributed by atoms with Crippen molar-refractivity contribution in [2.24, 2.45) is 0 Å². The molecule has 2 rings (SSSR count). The van der Waals surface area contributed by atoms with Crippen molar-refractivity contribution in [2.45, 2.75) is 6.54 Å². The first kappa shape index (κ1) is 11.9. The lowest BCUT2D eigenvalue weighted by Crippen LogP contribution is -2.04. The molecule has 0 saturated carbocycles. The molecule has 0 saturated heterocycles. The van der Waals surface area contributed by atoms with E-state index < -0.39 is 0 Å². The van der Waals surface area contributed by atoms with Crippen LogP contribution in [0.5, 0.6) is 0 Å². The van der Waals surface area contributed by atoms with Gasteiger partial charge in [0.1, 0.15) is 0 Å². The molecule has 94 valence electrons. The number of hydrogen-bond acceptors (Lipinski definition) is 5. The number of nitrogens with two attached hydrogens (primary N) is 4. The van der Waals surface area contributed by atoms with Crippen LogP contribution in [0.3, 0.4) is 0 Å². The van der Waals surface area contributed by atoms with Crippen molar-refractivity contribution in [1.29, 1.82) is 0 Å². The minimum atomic E-state index is 0.556. The Morgan fingerprint density at radius 1 is 0.778 bits per heavy atom. The summed E-state index contributed by atoms with van der Waals surface area (Å²) < 4.78 is 0. The molecule has 0 unspecified atom stereocenters. The highest BCUT2D eigenvalue weighted by Crippen LogP contribution is 2.21. The highest BCUT2D eigenvalue weighted by atomic mass is 14.9. The lowest BCUT2D eigenvalue weighted by atomic mass is 10.1. The highest BCUT2D eigenvalue weighted by Gasteiger charge is 2.01. The van der Waals surface area contributed by atoms with Gasteiger partial charge in [-0.2, -0.15) is 0 Å². The molecule has 0 radical (unpaired) electrons. The predicted molar refractivity (Wildman–Crippen MR) is 77.9 cm³/mol. The average molecular weight is 243 g/mol. The summed E-state index contributed by atoms with van der Waals surface area (Å²) >= 11 is 0. The van der Waals surface area contributed by atoms with E-state index in [4.69, 9.17) is 22.9 Å². The zero-order chi connectivity index (χ0) is 13.1. The molecule has 0 heterocycles. The first-order chi connectivity index (χ1) is 8.56. The third kappa shape index (κ3) is 2.57. The van der Waals surface area contributed by atoms with Gasteiger partial charge in [-0.1, -0.05) is 0 Å². The molecule has 18 heavy (non-hydrogen) atoms. The molecule has 0 aliphatic carbocycles. The van der Waals surface area contributed by atoms with Gasteiger partial charge in [0.25, 0.3) is 0 Å². The second kappa shape index (κ2) is 4.75. The largest absolute Gasteiger partial charge is 0.399 e. The minimum absolute atomic E-state index is 0.556. The molecule has 0 spiro atoms. The van der Waals surface area contributed by atoms with Gasteiger partial charge in [0.15, 0.2) is 0 Å². The van der Waals surface area contributed by atoms with Crippen LogP contribution in [0.4, 0.5) is 28.4 Å². The van der Waals surface area contributed by atoms with E-state index in [1.54, 1.807) is 24.3 Å². The highest BCUT2D eigenvalue weighted by molar-refractivity contribution is 5.69. The average Bonchev–Trinajstić information content (AvgIpc) is 2.34. The van der Waals surface area contributed by atoms with E-state index in [1.165, 1.54) is 0 Å². The van der Waals surface area contributed by atoms with E-state index in [0.29, 0.717) is 29.3 Å². The van der Waals surface area contributed by atoms with Gasteiger partial charge < -0.3 is 28.3 Å². The molecular formula is C13H17N5. The van der Waals surface area contributed by atoms with Crippen molar-refractivity contribution in [3.63, 3.8) is 0 Å². The number of anilines is 5. The normalized spacial score (nSPS) is 10.2. The number of hydrogen-bond donors (Lipinski definition) is 5. The van der Waals surface area contributed by atoms with Gasteiger partial charge in [-0.25, -0.2) is 0 Å². The van der Waals surface area contributed by atoms with Crippen LogP contribution in [0.25, 0.3) is 0 Å². The monoisotopic (exact) mass is 243 g/mol. The lowest BCUT2D eigenvalue weighted by molar-refractivity contribution is 1.16. The van der Waals surface area contributed by atoms with Crippen LogP contribution >= 0.6 is 0 Å². The maximum absolute atomic E-state index is 5.87. The third-order valence-electron chi connectivity index (χ3n) is 2.74. The zero-order valence-electron chi connectivity index (χ0n) is 9.98. The van der Waals surface area contributed by atoms with Crippen LogP contribution in [0.15, 0.2) is 36.4 Å². The lowest BCUT2D eigenvalue weighted by Gasteiger charge is -2.11. The number of nitrogen functional groups attached to an aromatic ring is 4. The zero-order valence-corrected chi connectivity index (χ0v) is 9.98. The van der Waals surface area contributed by atoms with Crippen LogP contribution in [0.2, 0.25) is 0 Å². The molecule has 5 heteroatoms. The predicted octanol–water partition coefficient (Wildman–Crippen LogP) is 1.63. The van der Waals surface area contributed by atoms with Crippen LogP contribution in [0, 0.1) is 0 Å². The van der Waals surface area contributed by atoms with Crippen LogP contribution in [0.1, 0.15) is 5.56 Å². The molecule has 2 aromatic carbocycles. The van der Waals surface area contributed by atoms with Gasteiger partial charge >= 0.3 is 0 Å². The molecule has 0 amide bonds. The smallest absolute Gasteiger partial charge is 0.0568 e. The molecule has 5 nitrogen and oxygen atoms in total. The van der Waals surface area contributed by atoms with Crippen LogP contribution in [-0.4, -0.2) is 0 Å². The first-order valence-corrected chi connectivity index (χ1v) is 5.59. The summed E-state index contributed by atoms with van der Waals surface area (Å²) in [7, 11) is 0. The summed E-state index contributed by atoms with van der Waals surface area (Å²) in [5.74, 6) is 0. The van der Waals surface area contributed by atoms with Gasteiger partial charge in [-0.05, 0) is 42.0 Å². The topological polar surface area (TPSA) is 116 Å². The number of benzene rings is 2. The first-order valence-electron chi connectivity index (χ1n) is 5.59. The molecule has 9 N–H and O–H groups in total. The van der Waals surface area contributed by atoms with Crippen LogP contribution in [-0.2, 0) is 6.54 Å². The molecular weight excluding hydrogens is 226 g/mol. The maximum Gasteiger partial charge on any atom is 0.0568 e. The van der Waals surface area contributed by atoms with E-state index in [9.17, 15) is 0 Å². The fourth-order valence-corrected chi connectivity index (χ4v) is 1.66. The summed E-state index contributed by atoms with van der Waals surface area (Å²) in [6.07, 6.45) is 0. The Balaban J connectivity index is 2.11. The van der Waals surface area contributed by atoms with E-state index in [1.807, 2.05) is 12.1 Å². The van der Waals surface area contributed by atoms with Gasteiger partial charge in [0.05, 0.1) is 11.4 Å². The molecule has 0 aliphatic rings. The second-order valence-electron chi connectivity index (χ2n) is 4.16. The number of nitrogens with one attached hydrogen (secondary N) is 1. The quantitative estimate of drug-likeness (QED) is 0.525. The van der Waals surface area contributed by atoms with Crippen molar-refractivity contribution < 1.29 is 0 Å². The summed E-state index contributed by atoms with van der Waals surface area (Å²) in [6, 6.07) is 10.8. The SMILES string of the molecule is Nc1ccc(N)c(CNc2ccc(N)c(N)c2)c1. The van der Waals surface area contributed by atoms with Gasteiger partial charge in [0, 0.05) is 23.6 Å². The Morgan fingerprint density at radius 3 is 2.22 bits per heavy atom. The summed E-state index contributed by atoms with van der Waals surface area (Å²) in [4.78, 5) is 0. The second-order valence-corrected chi connectivity index (χ2v) is 4.16. The van der Waals surface area contributed by atoms with E-state index >= 15 is 0 Å². The molecule has 2 aromatic rings. The Labute approximate surface area is 106 Å². The molecule has 0 aromatic heterocycles. The maximum atomic E-state index is 5.87. The minimum Gasteiger partial charge on any atom is -0.399 e. The van der Waals surface area contributed by atoms with Crippen molar-refractivity contribution in [3.05, 3.63) is 42.0 Å². The fourth-order valence-electron chi connectivity index (χ4n) is 1.66. The molecule has 0 atom stereocenters. The fraction of sp³-hybridized carbons (Fsp3) is 0.0769. The van der Waals surface area contributed by atoms with Gasteiger partial charge in [0.2, 0.25) is 0 Å². The van der Waals surface area contributed by atoms with E-state index in [0.717, 1.165) is 11.3 Å². The van der Waals surface area contributed by atoms with Crippen molar-refractivity contribution in [1.82, 2.24) is 0 Å². The summed E-state index contributed by atoms with van der Waals surface area (Å²) in [5, 5.41) is 3.23. The van der Waals surface area contributed by atoms with Crippen molar-refractivity contribution in [2.75, 3.05) is 28.3 Å². The Kier molecular flexibility index (Phi) is 3.14. The van der Waals surface area contributed by atoms with Crippen molar-refractivity contribution in [3.8, 4) is 0 Å². The standard InChI is InChI=1S/C13H17N5/c14-9-1-3-11(15)8(5-9)7-18-10-2-4-12(16)13(17)6-10/h1-6,18H,7,14-17H2. The Hall–Kier alpha value is -2.56. The Morgan fingerprint density at radius 2 is 1.50 bits per heavy atom. The summed E-state index contributed by atoms with van der Waals surface area (Å²) in [5.41, 5.74) is 27.3. The van der Waals surface area contributed by atoms with Crippen molar-refractivity contribution >= 4 is 28.4 Å². The Bertz CT molecular complexity index is 565. The van der Waals surface area contributed by atoms with Crippen LogP contribution < -0.4 is 28.3 Å². The molecule has 0 aliphatic heterocycles. The van der Waals surface area contributed by atoms with Gasteiger partial charge in [-0.15, -0.1) is 0 Å². The number of rotatable bonds is 3. The van der Waals surface area contributed by atoms with Gasteiger partial charge in [-0.3, -0.25) is 0 Å². The molecule has 0 bridgehead atoms. The summed E-state index contributed by atoms with van der Waals surface area (Å²) in [6.45, 7) is 0.584. The van der Waals surface area contributed by atoms with E-state index in [2.05, 4.69) is 5.32 Å². The third-order valence-corrected chi connectivity index (χ3v) is 2.74. The molecule has 0 fully saturated rings.